The summed E-state index contributed by atoms with van der Waals surface area (Å²) in [6, 6.07) is 16.3. The van der Waals surface area contributed by atoms with Crippen LogP contribution >= 0.6 is 0 Å². The van der Waals surface area contributed by atoms with Crippen LogP contribution < -0.4 is 9.44 Å². The van der Waals surface area contributed by atoms with Crippen LogP contribution in [-0.4, -0.2) is 26.5 Å². The molecule has 0 aliphatic carbocycles. The van der Waals surface area contributed by atoms with Gasteiger partial charge in [-0.15, -0.1) is 0 Å². The Labute approximate surface area is 148 Å². The van der Waals surface area contributed by atoms with Crippen molar-refractivity contribution < 1.29 is 8.42 Å². The Morgan fingerprint density at radius 1 is 1.04 bits per heavy atom. The predicted molar refractivity (Wildman–Crippen MR) is 102 cm³/mol. The van der Waals surface area contributed by atoms with E-state index >= 15 is 0 Å². The maximum absolute atomic E-state index is 12.0. The second kappa shape index (κ2) is 7.39. The van der Waals surface area contributed by atoms with Gasteiger partial charge < -0.3 is 4.98 Å². The van der Waals surface area contributed by atoms with Gasteiger partial charge in [0.25, 0.3) is 10.2 Å². The number of aromatic amines is 1. The van der Waals surface area contributed by atoms with E-state index in [0.717, 1.165) is 22.0 Å². The number of aromatic nitrogens is 1. The zero-order valence-corrected chi connectivity index (χ0v) is 15.2. The molecule has 6 heteroatoms. The first-order valence-corrected chi connectivity index (χ1v) is 9.85. The summed E-state index contributed by atoms with van der Waals surface area (Å²) in [7, 11) is -3.50. The molecule has 0 fully saturated rings. The molecule has 0 saturated carbocycles. The molecular formula is C19H23N3O2S. The smallest absolute Gasteiger partial charge is 0.276 e. The summed E-state index contributed by atoms with van der Waals surface area (Å²) < 4.78 is 29.2. The molecule has 1 heterocycles. The van der Waals surface area contributed by atoms with E-state index in [9.17, 15) is 8.42 Å². The number of H-pyrrole nitrogens is 1. The molecule has 1 aromatic heterocycles. The van der Waals surface area contributed by atoms with Crippen LogP contribution in [0.2, 0.25) is 0 Å². The van der Waals surface area contributed by atoms with E-state index < -0.39 is 10.2 Å². The molecule has 3 aromatic rings. The van der Waals surface area contributed by atoms with E-state index in [1.54, 1.807) is 6.92 Å². The van der Waals surface area contributed by atoms with Crippen molar-refractivity contribution in [2.24, 2.45) is 0 Å². The van der Waals surface area contributed by atoms with E-state index in [-0.39, 0.29) is 5.92 Å². The molecule has 0 saturated heterocycles. The molecule has 0 amide bonds. The highest BCUT2D eigenvalue weighted by Gasteiger charge is 2.20. The minimum absolute atomic E-state index is 0.0785. The van der Waals surface area contributed by atoms with Crippen molar-refractivity contribution in [1.82, 2.24) is 14.4 Å². The third-order valence-electron chi connectivity index (χ3n) is 4.29. The van der Waals surface area contributed by atoms with Gasteiger partial charge >= 0.3 is 0 Å². The second-order valence-electron chi connectivity index (χ2n) is 6.10. The normalized spacial score (nSPS) is 13.2. The first kappa shape index (κ1) is 17.7. The minimum Gasteiger partial charge on any atom is -0.361 e. The topological polar surface area (TPSA) is 74.0 Å². The summed E-state index contributed by atoms with van der Waals surface area (Å²) >= 11 is 0. The summed E-state index contributed by atoms with van der Waals surface area (Å²) in [5, 5.41) is 1.11. The van der Waals surface area contributed by atoms with Crippen molar-refractivity contribution in [2.45, 2.75) is 19.8 Å². The molecule has 3 N–H and O–H groups in total. The summed E-state index contributed by atoms with van der Waals surface area (Å²) in [5.41, 5.74) is 4.38. The molecule has 0 bridgehead atoms. The van der Waals surface area contributed by atoms with Gasteiger partial charge in [-0.1, -0.05) is 55.0 Å². The highest BCUT2D eigenvalue weighted by molar-refractivity contribution is 7.87. The van der Waals surface area contributed by atoms with Crippen molar-refractivity contribution in [2.75, 3.05) is 13.1 Å². The molecule has 5 nitrogen and oxygen atoms in total. The molecular weight excluding hydrogens is 334 g/mol. The minimum atomic E-state index is -3.50. The average molecular weight is 357 g/mol. The van der Waals surface area contributed by atoms with Gasteiger partial charge in [0.05, 0.1) is 0 Å². The zero-order chi connectivity index (χ0) is 17.9. The van der Waals surface area contributed by atoms with E-state index in [0.29, 0.717) is 13.1 Å². The Bertz CT molecular complexity index is 946. The summed E-state index contributed by atoms with van der Waals surface area (Å²) in [6.07, 6.45) is 1.97. The van der Waals surface area contributed by atoms with Gasteiger partial charge in [0.2, 0.25) is 0 Å². The van der Waals surface area contributed by atoms with Gasteiger partial charge in [-0.3, -0.25) is 0 Å². The number of benzene rings is 2. The van der Waals surface area contributed by atoms with E-state index in [1.807, 2.05) is 31.3 Å². The van der Waals surface area contributed by atoms with Crippen LogP contribution in [0.15, 0.2) is 54.7 Å². The first-order chi connectivity index (χ1) is 12.0. The van der Waals surface area contributed by atoms with Crippen molar-refractivity contribution >= 4 is 21.1 Å². The summed E-state index contributed by atoms with van der Waals surface area (Å²) in [5.74, 6) is -0.0785. The maximum atomic E-state index is 12.0. The Balaban J connectivity index is 1.98. The number of fused-ring (bicyclic) bond motifs is 1. The number of hydrogen-bond donors (Lipinski definition) is 3. The number of aryl methyl sites for hydroxylation is 1. The Kier molecular flexibility index (Phi) is 5.22. The molecule has 0 aliphatic heterocycles. The van der Waals surface area contributed by atoms with Crippen LogP contribution in [0.3, 0.4) is 0 Å². The Morgan fingerprint density at radius 3 is 2.48 bits per heavy atom. The first-order valence-electron chi connectivity index (χ1n) is 8.37. The van der Waals surface area contributed by atoms with Crippen LogP contribution in [0.4, 0.5) is 0 Å². The van der Waals surface area contributed by atoms with Crippen molar-refractivity contribution in [3.63, 3.8) is 0 Å². The number of para-hydroxylation sites is 1. The van der Waals surface area contributed by atoms with E-state index in [1.165, 1.54) is 5.56 Å². The van der Waals surface area contributed by atoms with Crippen LogP contribution in [0.1, 0.15) is 29.5 Å². The van der Waals surface area contributed by atoms with Crippen LogP contribution in [0.5, 0.6) is 0 Å². The van der Waals surface area contributed by atoms with Crippen LogP contribution in [0, 0.1) is 6.92 Å². The summed E-state index contributed by atoms with van der Waals surface area (Å²) in [6.45, 7) is 4.45. The lowest BCUT2D eigenvalue weighted by Gasteiger charge is -2.18. The number of nitrogens with one attached hydrogen (secondary N) is 3. The molecule has 0 radical (unpaired) electrons. The third-order valence-corrected chi connectivity index (χ3v) is 5.50. The lowest BCUT2D eigenvalue weighted by Crippen LogP contribution is -2.38. The standard InChI is InChI=1S/C19H23N3O2S/c1-3-21-25(23,24)22-13-17(15-10-8-14(2)9-11-15)18-12-20-19-7-5-4-6-16(18)19/h4-12,17,20-22H,3,13H2,1-2H3. The average Bonchev–Trinajstić information content (AvgIpc) is 3.01. The van der Waals surface area contributed by atoms with Crippen LogP contribution in [0.25, 0.3) is 10.9 Å². The third kappa shape index (κ3) is 4.10. The second-order valence-corrected chi connectivity index (χ2v) is 7.69. The van der Waals surface area contributed by atoms with Crippen molar-refractivity contribution in [1.29, 1.82) is 0 Å². The SMILES string of the molecule is CCNS(=O)(=O)NCC(c1ccc(C)cc1)c1c[nH]c2ccccc12. The number of hydrogen-bond acceptors (Lipinski definition) is 2. The molecule has 1 unspecified atom stereocenters. The quantitative estimate of drug-likeness (QED) is 0.608. The molecule has 132 valence electrons. The van der Waals surface area contributed by atoms with Gasteiger partial charge in [-0.2, -0.15) is 8.42 Å². The van der Waals surface area contributed by atoms with Crippen LogP contribution in [-0.2, 0) is 10.2 Å². The number of rotatable bonds is 7. The Hall–Kier alpha value is -2.15. The monoisotopic (exact) mass is 357 g/mol. The summed E-state index contributed by atoms with van der Waals surface area (Å²) in [4.78, 5) is 3.28. The van der Waals surface area contributed by atoms with Gasteiger partial charge in [0.15, 0.2) is 0 Å². The fourth-order valence-electron chi connectivity index (χ4n) is 3.02. The highest BCUT2D eigenvalue weighted by atomic mass is 32.2. The largest absolute Gasteiger partial charge is 0.361 e. The molecule has 1 atom stereocenters. The fourth-order valence-corrected chi connectivity index (χ4v) is 3.89. The van der Waals surface area contributed by atoms with Crippen molar-refractivity contribution in [3.05, 3.63) is 71.4 Å². The lowest BCUT2D eigenvalue weighted by molar-refractivity contribution is 0.565. The highest BCUT2D eigenvalue weighted by Crippen LogP contribution is 2.30. The van der Waals surface area contributed by atoms with E-state index in [2.05, 4.69) is 44.8 Å². The van der Waals surface area contributed by atoms with Gasteiger partial charge in [-0.05, 0) is 24.1 Å². The fraction of sp³-hybridized carbons (Fsp3) is 0.263. The molecule has 0 spiro atoms. The zero-order valence-electron chi connectivity index (χ0n) is 14.4. The van der Waals surface area contributed by atoms with Gasteiger partial charge in [0, 0.05) is 36.1 Å². The molecule has 25 heavy (non-hydrogen) atoms. The molecule has 2 aromatic carbocycles. The Morgan fingerprint density at radius 2 is 1.76 bits per heavy atom. The van der Waals surface area contributed by atoms with E-state index in [4.69, 9.17) is 0 Å². The molecule has 0 aliphatic rings. The molecule has 3 rings (SSSR count). The van der Waals surface area contributed by atoms with Gasteiger partial charge in [0.1, 0.15) is 0 Å². The lowest BCUT2D eigenvalue weighted by atomic mass is 9.90. The van der Waals surface area contributed by atoms with Crippen molar-refractivity contribution in [3.8, 4) is 0 Å². The maximum Gasteiger partial charge on any atom is 0.276 e. The van der Waals surface area contributed by atoms with Gasteiger partial charge in [-0.25, -0.2) is 9.44 Å². The predicted octanol–water partition coefficient (Wildman–Crippen LogP) is 3.05.